The van der Waals surface area contributed by atoms with Crippen LogP contribution in [0.1, 0.15) is 5.56 Å². The van der Waals surface area contributed by atoms with Gasteiger partial charge >= 0.3 is 27.1 Å². The van der Waals surface area contributed by atoms with Crippen molar-refractivity contribution >= 4 is 42.9 Å². The van der Waals surface area contributed by atoms with Crippen molar-refractivity contribution in [1.82, 2.24) is 0 Å². The van der Waals surface area contributed by atoms with Gasteiger partial charge in [0, 0.05) is 0 Å². The van der Waals surface area contributed by atoms with E-state index in [0.29, 0.717) is 5.75 Å². The maximum absolute atomic E-state index is 10.3. The van der Waals surface area contributed by atoms with Gasteiger partial charge in [-0.15, -0.1) is 24.8 Å². The molecule has 0 saturated heterocycles. The van der Waals surface area contributed by atoms with E-state index in [4.69, 9.17) is 0 Å². The van der Waals surface area contributed by atoms with Gasteiger partial charge in [0.05, 0.1) is 8.07 Å². The Morgan fingerprint density at radius 2 is 1.59 bits per heavy atom. The molecule has 0 unspecified atom stereocenters. The molecule has 0 saturated carbocycles. The first kappa shape index (κ1) is 22.5. The third-order valence-electron chi connectivity index (χ3n) is 1.93. The molecule has 0 aliphatic heterocycles. The van der Waals surface area contributed by atoms with Gasteiger partial charge in [-0.25, -0.2) is 0 Å². The topological polar surface area (TPSA) is 20.2 Å². The minimum absolute atomic E-state index is 0. The first-order valence-electron chi connectivity index (χ1n) is 4.75. The Bertz CT molecular complexity index is 322. The standard InChI is InChI=1S/C10H16OSi.CH2.2ClH.FH.Ti/c1-8-5-9(11)7-10(6-8)12(2,3)4;;;;;/h5-7,11H,1-4H3;1H2;3*1H;/q;;;;;+1/p-1. The molecule has 1 aromatic rings. The molecule has 0 amide bonds. The third kappa shape index (κ3) is 9.98. The van der Waals surface area contributed by atoms with E-state index >= 15 is 0 Å². The zero-order valence-corrected chi connectivity index (χ0v) is 14.8. The van der Waals surface area contributed by atoms with Gasteiger partial charge in [0.25, 0.3) is 0 Å². The number of hydrogen-bond donors (Lipinski definition) is 1. The monoisotopic (exact) mass is 333 g/mol. The van der Waals surface area contributed by atoms with E-state index in [1.54, 1.807) is 6.07 Å². The van der Waals surface area contributed by atoms with Crippen molar-refractivity contribution in [2.75, 3.05) is 0 Å². The zero-order valence-electron chi connectivity index (χ0n) is 10.6. The Hall–Kier alpha value is 0.331. The molecule has 0 radical (unpaired) electrons. The fourth-order valence-corrected chi connectivity index (χ4v) is 2.44. The molecule has 17 heavy (non-hydrogen) atoms. The van der Waals surface area contributed by atoms with Gasteiger partial charge in [0.2, 0.25) is 0 Å². The van der Waals surface area contributed by atoms with Crippen LogP contribution < -0.4 is 5.19 Å². The van der Waals surface area contributed by atoms with Gasteiger partial charge in [-0.2, -0.15) is 0 Å². The first-order chi connectivity index (χ1) is 6.81. The van der Waals surface area contributed by atoms with Crippen LogP contribution in [-0.2, 0) is 19.2 Å². The summed E-state index contributed by atoms with van der Waals surface area (Å²) in [4.78, 5) is 2.94. The van der Waals surface area contributed by atoms with Gasteiger partial charge in [-0.05, 0) is 24.6 Å². The summed E-state index contributed by atoms with van der Waals surface area (Å²) >= 11 is -1.25. The van der Waals surface area contributed by atoms with Crippen LogP contribution in [0.2, 0.25) is 19.6 Å². The molecule has 1 nitrogen and oxygen atoms in total. The SMILES string of the molecule is Cc1cc(O)cc([Si](C)(C)C)c1.Cl.Cl.[CH2]=[Ti][F]. The molecule has 0 aromatic heterocycles. The van der Waals surface area contributed by atoms with E-state index in [1.807, 2.05) is 13.0 Å². The summed E-state index contributed by atoms with van der Waals surface area (Å²) in [6.45, 7) is 8.85. The van der Waals surface area contributed by atoms with E-state index in [9.17, 15) is 8.20 Å². The number of halogens is 3. The van der Waals surface area contributed by atoms with E-state index in [0.717, 1.165) is 5.56 Å². The Balaban J connectivity index is -0.000000356. The van der Waals surface area contributed by atoms with Crippen molar-refractivity contribution < 1.29 is 27.4 Å². The molecule has 0 spiro atoms. The summed E-state index contributed by atoms with van der Waals surface area (Å²) < 4.78 is 10.3. The Morgan fingerprint density at radius 3 is 1.88 bits per heavy atom. The van der Waals surface area contributed by atoms with Crippen LogP contribution in [0.25, 0.3) is 0 Å². The molecule has 1 aromatic carbocycles. The van der Waals surface area contributed by atoms with Crippen LogP contribution in [0, 0.1) is 6.92 Å². The van der Waals surface area contributed by atoms with Crippen LogP contribution in [0.4, 0.5) is 3.09 Å². The van der Waals surface area contributed by atoms with Crippen LogP contribution in [0.3, 0.4) is 0 Å². The Kier molecular flexibility index (Phi) is 13.6. The molecule has 6 heteroatoms. The second-order valence-electron chi connectivity index (χ2n) is 4.44. The Morgan fingerprint density at radius 1 is 1.18 bits per heavy atom. The van der Waals surface area contributed by atoms with Gasteiger partial charge in [0.1, 0.15) is 5.75 Å². The number of rotatable bonds is 1. The molecule has 1 N–H and O–H groups in total. The molecule has 0 heterocycles. The van der Waals surface area contributed by atoms with Crippen molar-refractivity contribution in [3.63, 3.8) is 0 Å². The molecular weight excluding hydrogens is 314 g/mol. The van der Waals surface area contributed by atoms with E-state index in [2.05, 4.69) is 30.5 Å². The first-order valence-corrected chi connectivity index (χ1v) is 9.94. The third-order valence-corrected chi connectivity index (χ3v) is 3.95. The molecule has 99 valence electrons. The predicted molar refractivity (Wildman–Crippen MR) is 78.5 cm³/mol. The van der Waals surface area contributed by atoms with Gasteiger partial charge < -0.3 is 5.11 Å². The summed E-state index contributed by atoms with van der Waals surface area (Å²) in [6, 6.07) is 5.86. The fraction of sp³-hybridized carbons (Fsp3) is 0.364. The average molecular weight is 334 g/mol. The van der Waals surface area contributed by atoms with Gasteiger partial charge in [-0.1, -0.05) is 30.9 Å². The van der Waals surface area contributed by atoms with Crippen molar-refractivity contribution in [1.29, 1.82) is 0 Å². The summed E-state index contributed by atoms with van der Waals surface area (Å²) in [7, 11) is -1.26. The summed E-state index contributed by atoms with van der Waals surface area (Å²) in [6.07, 6.45) is 0. The number of phenolic OH excluding ortho intramolecular Hbond substituents is 1. The summed E-state index contributed by atoms with van der Waals surface area (Å²) in [5.41, 5.74) is 1.15. The average Bonchev–Trinajstić information content (AvgIpc) is 2.01. The maximum atomic E-state index is 10.3. The molecule has 0 atom stereocenters. The van der Waals surface area contributed by atoms with Crippen molar-refractivity contribution in [3.8, 4) is 5.75 Å². The fourth-order valence-electron chi connectivity index (χ4n) is 1.20. The van der Waals surface area contributed by atoms with Gasteiger partial charge in [0.15, 0.2) is 0 Å². The molecular formula is C11H20Cl2FOSiTi. The van der Waals surface area contributed by atoms with Crippen LogP contribution in [0.5, 0.6) is 5.75 Å². The van der Waals surface area contributed by atoms with Gasteiger partial charge in [-0.3, -0.25) is 0 Å². The second-order valence-corrected chi connectivity index (χ2v) is 9.94. The number of benzene rings is 1. The van der Waals surface area contributed by atoms with E-state index in [-0.39, 0.29) is 24.8 Å². The number of aromatic hydroxyl groups is 1. The molecule has 0 fully saturated rings. The quantitative estimate of drug-likeness (QED) is 0.780. The number of phenols is 1. The number of hydrogen-bond acceptors (Lipinski definition) is 1. The second kappa shape index (κ2) is 10.3. The normalized spacial score (nSPS) is 8.76. The number of aryl methyl sites for hydroxylation is 1. The van der Waals surface area contributed by atoms with Crippen molar-refractivity contribution in [2.24, 2.45) is 0 Å². The molecule has 1 rings (SSSR count). The Labute approximate surface area is 126 Å². The zero-order chi connectivity index (χ0) is 12.1. The van der Waals surface area contributed by atoms with E-state index in [1.165, 1.54) is 5.19 Å². The van der Waals surface area contributed by atoms with Crippen LogP contribution in [-0.4, -0.2) is 18.0 Å². The predicted octanol–water partition coefficient (Wildman–Crippen LogP) is 3.47. The van der Waals surface area contributed by atoms with Crippen LogP contribution in [0.15, 0.2) is 18.2 Å². The van der Waals surface area contributed by atoms with Crippen molar-refractivity contribution in [3.05, 3.63) is 23.8 Å². The van der Waals surface area contributed by atoms with Crippen molar-refractivity contribution in [2.45, 2.75) is 26.6 Å². The summed E-state index contributed by atoms with van der Waals surface area (Å²) in [5.74, 6) is 0.396. The molecule has 0 bridgehead atoms. The minimum atomic E-state index is -1.26. The molecule has 0 aliphatic carbocycles. The molecule has 0 aliphatic rings. The van der Waals surface area contributed by atoms with Crippen LogP contribution >= 0.6 is 24.8 Å². The summed E-state index contributed by atoms with van der Waals surface area (Å²) in [5, 5.41) is 10.7. The van der Waals surface area contributed by atoms with E-state index < -0.39 is 27.3 Å².